The number of carboxylic acid groups (broad SMARTS) is 1. The van der Waals surface area contributed by atoms with Gasteiger partial charge in [0.25, 0.3) is 0 Å². The summed E-state index contributed by atoms with van der Waals surface area (Å²) in [4.78, 5) is 22.5. The molecule has 1 aromatic heterocycles. The first-order valence-corrected chi connectivity index (χ1v) is 8.19. The number of hydrogen-bond donors (Lipinski definition) is 2. The van der Waals surface area contributed by atoms with Crippen LogP contribution < -0.4 is 15.1 Å². The molecule has 0 spiro atoms. The summed E-state index contributed by atoms with van der Waals surface area (Å²) >= 11 is 0. The summed E-state index contributed by atoms with van der Waals surface area (Å²) in [6, 6.07) is 4.29. The van der Waals surface area contributed by atoms with Gasteiger partial charge in [-0.15, -0.1) is 0 Å². The predicted octanol–water partition coefficient (Wildman–Crippen LogP) is 3.17. The lowest BCUT2D eigenvalue weighted by molar-refractivity contribution is -0.139. The molecule has 1 atom stereocenters. The van der Waals surface area contributed by atoms with Gasteiger partial charge in [-0.25, -0.2) is 9.59 Å². The third-order valence-electron chi connectivity index (χ3n) is 3.96. The highest BCUT2D eigenvalue weighted by atomic mass is 16.5. The number of carboxylic acids is 1. The first-order chi connectivity index (χ1) is 11.9. The number of rotatable bonds is 9. The Morgan fingerprint density at radius 3 is 2.76 bits per heavy atom. The lowest BCUT2D eigenvalue weighted by Gasteiger charge is -2.11. The van der Waals surface area contributed by atoms with Gasteiger partial charge in [-0.2, -0.15) is 0 Å². The van der Waals surface area contributed by atoms with Gasteiger partial charge in [0, 0.05) is 0 Å². The SMILES string of the molecule is CCC(C)CCCOc1c(O)c2cc(OCC(=O)O)ccc2oc1=O. The molecule has 0 aliphatic carbocycles. The Labute approximate surface area is 144 Å². The van der Waals surface area contributed by atoms with Crippen molar-refractivity contribution in [2.45, 2.75) is 33.1 Å². The van der Waals surface area contributed by atoms with Gasteiger partial charge in [0.2, 0.25) is 5.75 Å². The minimum absolute atomic E-state index is 0.164. The first-order valence-electron chi connectivity index (χ1n) is 8.19. The van der Waals surface area contributed by atoms with Crippen molar-refractivity contribution >= 4 is 16.9 Å². The smallest absolute Gasteiger partial charge is 0.383 e. The second-order valence-corrected chi connectivity index (χ2v) is 5.91. The van der Waals surface area contributed by atoms with Crippen molar-refractivity contribution in [2.75, 3.05) is 13.2 Å². The van der Waals surface area contributed by atoms with E-state index in [-0.39, 0.29) is 28.2 Å². The van der Waals surface area contributed by atoms with E-state index in [1.165, 1.54) is 18.2 Å². The Morgan fingerprint density at radius 1 is 1.32 bits per heavy atom. The molecule has 2 aromatic rings. The van der Waals surface area contributed by atoms with Crippen molar-refractivity contribution < 1.29 is 28.9 Å². The van der Waals surface area contributed by atoms with Crippen LogP contribution in [0.2, 0.25) is 0 Å². The molecule has 0 aliphatic heterocycles. The maximum Gasteiger partial charge on any atom is 0.383 e. The maximum atomic E-state index is 12.0. The molecule has 7 heteroatoms. The number of benzene rings is 1. The normalized spacial score (nSPS) is 12.1. The zero-order valence-electron chi connectivity index (χ0n) is 14.3. The average Bonchev–Trinajstić information content (AvgIpc) is 2.59. The number of aliphatic carboxylic acids is 1. The second kappa shape index (κ2) is 8.41. The van der Waals surface area contributed by atoms with Crippen molar-refractivity contribution in [1.82, 2.24) is 0 Å². The van der Waals surface area contributed by atoms with E-state index in [9.17, 15) is 14.7 Å². The van der Waals surface area contributed by atoms with E-state index >= 15 is 0 Å². The summed E-state index contributed by atoms with van der Waals surface area (Å²) in [6.45, 7) is 4.03. The molecule has 136 valence electrons. The maximum absolute atomic E-state index is 12.0. The molecule has 0 bridgehead atoms. The molecular weight excluding hydrogens is 328 g/mol. The van der Waals surface area contributed by atoms with Crippen molar-refractivity contribution in [2.24, 2.45) is 5.92 Å². The molecule has 1 aromatic carbocycles. The summed E-state index contributed by atoms with van der Waals surface area (Å²) in [7, 11) is 0. The summed E-state index contributed by atoms with van der Waals surface area (Å²) in [6.07, 6.45) is 2.79. The minimum Gasteiger partial charge on any atom is -0.504 e. The van der Waals surface area contributed by atoms with Crippen LogP contribution in [0.5, 0.6) is 17.2 Å². The van der Waals surface area contributed by atoms with Crippen LogP contribution >= 0.6 is 0 Å². The van der Waals surface area contributed by atoms with E-state index in [2.05, 4.69) is 13.8 Å². The van der Waals surface area contributed by atoms with E-state index < -0.39 is 18.2 Å². The number of carbonyl (C=O) groups is 1. The van der Waals surface area contributed by atoms with Gasteiger partial charge >= 0.3 is 11.6 Å². The van der Waals surface area contributed by atoms with E-state index in [0.29, 0.717) is 12.5 Å². The van der Waals surface area contributed by atoms with Gasteiger partial charge in [-0.3, -0.25) is 0 Å². The standard InChI is InChI=1S/C18H22O7/c1-3-11(2)5-4-8-23-17-16(21)13-9-12(24-10-15(19)20)6-7-14(13)25-18(17)22/h6-7,9,11,21H,3-5,8,10H2,1-2H3,(H,19,20). The van der Waals surface area contributed by atoms with E-state index in [0.717, 1.165) is 19.3 Å². The third-order valence-corrected chi connectivity index (χ3v) is 3.96. The van der Waals surface area contributed by atoms with Crippen LogP contribution in [-0.4, -0.2) is 29.4 Å². The largest absolute Gasteiger partial charge is 0.504 e. The number of hydrogen-bond acceptors (Lipinski definition) is 6. The molecule has 0 radical (unpaired) electrons. The molecule has 2 rings (SSSR count). The van der Waals surface area contributed by atoms with Crippen molar-refractivity contribution in [3.63, 3.8) is 0 Å². The fourth-order valence-electron chi connectivity index (χ4n) is 2.32. The van der Waals surface area contributed by atoms with E-state index in [1.54, 1.807) is 0 Å². The molecule has 2 N–H and O–H groups in total. The fraction of sp³-hybridized carbons (Fsp3) is 0.444. The van der Waals surface area contributed by atoms with Crippen molar-refractivity contribution in [1.29, 1.82) is 0 Å². The van der Waals surface area contributed by atoms with Crippen LogP contribution in [0.4, 0.5) is 0 Å². The highest BCUT2D eigenvalue weighted by molar-refractivity contribution is 5.86. The van der Waals surface area contributed by atoms with E-state index in [1.807, 2.05) is 0 Å². The molecule has 1 heterocycles. The van der Waals surface area contributed by atoms with Gasteiger partial charge < -0.3 is 24.1 Å². The minimum atomic E-state index is -1.12. The second-order valence-electron chi connectivity index (χ2n) is 5.91. The number of ether oxygens (including phenoxy) is 2. The molecule has 0 saturated heterocycles. The van der Waals surface area contributed by atoms with Crippen molar-refractivity contribution in [3.05, 3.63) is 28.6 Å². The molecule has 0 aliphatic rings. The van der Waals surface area contributed by atoms with E-state index in [4.69, 9.17) is 19.0 Å². The van der Waals surface area contributed by atoms with Gasteiger partial charge in [0.15, 0.2) is 12.4 Å². The summed E-state index contributed by atoms with van der Waals surface area (Å²) < 4.78 is 15.6. The van der Waals surface area contributed by atoms with Crippen LogP contribution in [-0.2, 0) is 4.79 Å². The zero-order chi connectivity index (χ0) is 18.4. The predicted molar refractivity (Wildman–Crippen MR) is 91.5 cm³/mol. The Hall–Kier alpha value is -2.70. The summed E-state index contributed by atoms with van der Waals surface area (Å²) in [5, 5.41) is 19.2. The molecule has 1 unspecified atom stereocenters. The topological polar surface area (TPSA) is 106 Å². The Balaban J connectivity index is 2.19. The third kappa shape index (κ3) is 4.89. The van der Waals surface area contributed by atoms with Gasteiger partial charge in [0.05, 0.1) is 12.0 Å². The number of aromatic hydroxyl groups is 1. The lowest BCUT2D eigenvalue weighted by atomic mass is 10.0. The molecular formula is C18H22O7. The first kappa shape index (κ1) is 18.6. The van der Waals surface area contributed by atoms with Crippen LogP contribution in [0.1, 0.15) is 33.1 Å². The Bertz CT molecular complexity index is 794. The Kier molecular flexibility index (Phi) is 6.27. The van der Waals surface area contributed by atoms with Crippen LogP contribution in [0, 0.1) is 5.92 Å². The van der Waals surface area contributed by atoms with Gasteiger partial charge in [-0.1, -0.05) is 20.3 Å². The Morgan fingerprint density at radius 2 is 2.08 bits per heavy atom. The van der Waals surface area contributed by atoms with Crippen LogP contribution in [0.15, 0.2) is 27.4 Å². The summed E-state index contributed by atoms with van der Waals surface area (Å²) in [5.74, 6) is -0.891. The molecule has 0 amide bonds. The average molecular weight is 350 g/mol. The lowest BCUT2D eigenvalue weighted by Crippen LogP contribution is -2.10. The molecule has 7 nitrogen and oxygen atoms in total. The quantitative estimate of drug-likeness (QED) is 0.528. The molecule has 0 saturated carbocycles. The van der Waals surface area contributed by atoms with Crippen LogP contribution in [0.25, 0.3) is 11.0 Å². The zero-order valence-corrected chi connectivity index (χ0v) is 14.3. The molecule has 0 fully saturated rings. The fourth-order valence-corrected chi connectivity index (χ4v) is 2.32. The van der Waals surface area contributed by atoms with Crippen molar-refractivity contribution in [3.8, 4) is 17.2 Å². The highest BCUT2D eigenvalue weighted by Crippen LogP contribution is 2.33. The van der Waals surface area contributed by atoms with Gasteiger partial charge in [-0.05, 0) is 37.0 Å². The van der Waals surface area contributed by atoms with Gasteiger partial charge in [0.1, 0.15) is 11.3 Å². The monoisotopic (exact) mass is 350 g/mol. The van der Waals surface area contributed by atoms with Crippen LogP contribution in [0.3, 0.4) is 0 Å². The highest BCUT2D eigenvalue weighted by Gasteiger charge is 2.16. The molecule has 25 heavy (non-hydrogen) atoms. The number of fused-ring (bicyclic) bond motifs is 1. The summed E-state index contributed by atoms with van der Waals surface area (Å²) in [5.41, 5.74) is -0.593.